The van der Waals surface area contributed by atoms with Gasteiger partial charge in [-0.3, -0.25) is 0 Å². The van der Waals surface area contributed by atoms with E-state index in [4.69, 9.17) is 4.74 Å². The summed E-state index contributed by atoms with van der Waals surface area (Å²) in [6.07, 6.45) is 3.53. The van der Waals surface area contributed by atoms with Crippen molar-refractivity contribution in [1.82, 2.24) is 5.32 Å². The number of hydrogen-bond donors (Lipinski definition) is 1. The average molecular weight is 289 g/mol. The lowest BCUT2D eigenvalue weighted by Crippen LogP contribution is -2.32. The van der Waals surface area contributed by atoms with E-state index >= 15 is 0 Å². The Hall–Kier alpha value is -0.900. The lowest BCUT2D eigenvalue weighted by atomic mass is 9.87. The zero-order valence-corrected chi connectivity index (χ0v) is 12.9. The van der Waals surface area contributed by atoms with Crippen molar-refractivity contribution in [3.05, 3.63) is 35.2 Å². The van der Waals surface area contributed by atoms with Gasteiger partial charge in [0.25, 0.3) is 0 Å². The first-order chi connectivity index (χ1) is 9.90. The molecule has 2 heterocycles. The minimum atomic E-state index is 0.481. The molecule has 1 aliphatic heterocycles. The van der Waals surface area contributed by atoms with Crippen molar-refractivity contribution >= 4 is 21.4 Å². The summed E-state index contributed by atoms with van der Waals surface area (Å²) in [5, 5.41) is 7.57. The highest BCUT2D eigenvalue weighted by Gasteiger charge is 2.26. The smallest absolute Gasteiger partial charge is 0.0469 e. The maximum absolute atomic E-state index is 5.53. The molecule has 3 heteroatoms. The van der Waals surface area contributed by atoms with Crippen LogP contribution in [0.15, 0.2) is 29.6 Å². The maximum atomic E-state index is 5.53. The van der Waals surface area contributed by atoms with E-state index < -0.39 is 0 Å². The summed E-state index contributed by atoms with van der Waals surface area (Å²) in [6.45, 7) is 5.15. The molecule has 0 aliphatic carbocycles. The van der Waals surface area contributed by atoms with Crippen LogP contribution in [0.2, 0.25) is 0 Å². The van der Waals surface area contributed by atoms with E-state index in [1.54, 1.807) is 0 Å². The van der Waals surface area contributed by atoms with E-state index in [1.165, 1.54) is 34.9 Å². The van der Waals surface area contributed by atoms with Gasteiger partial charge in [-0.05, 0) is 54.1 Å². The van der Waals surface area contributed by atoms with E-state index in [9.17, 15) is 0 Å². The predicted octanol–water partition coefficient (Wildman–Crippen LogP) is 4.37. The van der Waals surface area contributed by atoms with Crippen LogP contribution < -0.4 is 5.32 Å². The number of nitrogens with one attached hydrogen (secondary N) is 1. The number of fused-ring (bicyclic) bond motifs is 1. The maximum Gasteiger partial charge on any atom is 0.0469 e. The van der Waals surface area contributed by atoms with Crippen LogP contribution in [-0.4, -0.2) is 19.8 Å². The lowest BCUT2D eigenvalue weighted by Gasteiger charge is -2.31. The lowest BCUT2D eigenvalue weighted by molar-refractivity contribution is 0.0538. The van der Waals surface area contributed by atoms with E-state index in [0.29, 0.717) is 12.0 Å². The third kappa shape index (κ3) is 2.90. The molecule has 0 bridgehead atoms. The first-order valence-electron chi connectivity index (χ1n) is 7.67. The van der Waals surface area contributed by atoms with Crippen molar-refractivity contribution in [1.29, 1.82) is 0 Å². The minimum Gasteiger partial charge on any atom is -0.381 e. The fraction of sp³-hybridized carbons (Fsp3) is 0.529. The summed E-state index contributed by atoms with van der Waals surface area (Å²) in [7, 11) is 0. The highest BCUT2D eigenvalue weighted by molar-refractivity contribution is 7.17. The molecule has 1 fully saturated rings. The van der Waals surface area contributed by atoms with Crippen LogP contribution in [-0.2, 0) is 4.74 Å². The largest absolute Gasteiger partial charge is 0.381 e. The highest BCUT2D eigenvalue weighted by atomic mass is 32.1. The van der Waals surface area contributed by atoms with E-state index in [-0.39, 0.29) is 0 Å². The minimum absolute atomic E-state index is 0.481. The monoisotopic (exact) mass is 289 g/mol. The zero-order chi connectivity index (χ0) is 13.8. The molecular weight excluding hydrogens is 266 g/mol. The third-order valence-corrected chi connectivity index (χ3v) is 5.18. The van der Waals surface area contributed by atoms with Crippen molar-refractivity contribution in [2.45, 2.75) is 32.2 Å². The van der Waals surface area contributed by atoms with Gasteiger partial charge < -0.3 is 10.1 Å². The van der Waals surface area contributed by atoms with Crippen LogP contribution in [0.3, 0.4) is 0 Å². The Balaban J connectivity index is 1.90. The summed E-state index contributed by atoms with van der Waals surface area (Å²) in [5.74, 6) is 0.702. The van der Waals surface area contributed by atoms with Crippen LogP contribution in [0.5, 0.6) is 0 Å². The molecule has 0 saturated carbocycles. The molecule has 1 unspecified atom stereocenters. The van der Waals surface area contributed by atoms with Gasteiger partial charge in [0.1, 0.15) is 0 Å². The molecule has 1 saturated heterocycles. The fourth-order valence-electron chi connectivity index (χ4n) is 3.12. The van der Waals surface area contributed by atoms with E-state index in [1.807, 2.05) is 11.3 Å². The summed E-state index contributed by atoms with van der Waals surface area (Å²) in [6, 6.07) is 9.26. The fourth-order valence-corrected chi connectivity index (χ4v) is 4.12. The molecule has 2 aromatic rings. The van der Waals surface area contributed by atoms with Crippen molar-refractivity contribution in [3.63, 3.8) is 0 Å². The molecule has 0 amide bonds. The normalized spacial score (nSPS) is 18.4. The van der Waals surface area contributed by atoms with Crippen LogP contribution in [0.4, 0.5) is 0 Å². The molecule has 0 radical (unpaired) electrons. The first kappa shape index (κ1) is 14.1. The van der Waals surface area contributed by atoms with Gasteiger partial charge in [0.15, 0.2) is 0 Å². The topological polar surface area (TPSA) is 21.3 Å². The number of rotatable bonds is 5. The number of thiophene rings is 1. The van der Waals surface area contributed by atoms with Gasteiger partial charge in [-0.2, -0.15) is 0 Å². The Morgan fingerprint density at radius 1 is 1.30 bits per heavy atom. The van der Waals surface area contributed by atoms with Crippen molar-refractivity contribution < 1.29 is 4.74 Å². The molecule has 108 valence electrons. The molecule has 1 N–H and O–H groups in total. The van der Waals surface area contributed by atoms with Gasteiger partial charge in [0.2, 0.25) is 0 Å². The van der Waals surface area contributed by atoms with Crippen LogP contribution in [0.1, 0.15) is 37.8 Å². The Morgan fingerprint density at radius 2 is 2.10 bits per heavy atom. The predicted molar refractivity (Wildman–Crippen MR) is 86.4 cm³/mol. The number of ether oxygens (including phenoxy) is 1. The van der Waals surface area contributed by atoms with Gasteiger partial charge >= 0.3 is 0 Å². The van der Waals surface area contributed by atoms with Crippen molar-refractivity contribution in [3.8, 4) is 0 Å². The van der Waals surface area contributed by atoms with Crippen LogP contribution in [0.25, 0.3) is 10.1 Å². The second-order valence-electron chi connectivity index (χ2n) is 5.57. The molecule has 20 heavy (non-hydrogen) atoms. The number of benzene rings is 1. The summed E-state index contributed by atoms with van der Waals surface area (Å²) in [5.41, 5.74) is 1.49. The zero-order valence-electron chi connectivity index (χ0n) is 12.1. The molecular formula is C17H23NOS. The Kier molecular flexibility index (Phi) is 4.71. The van der Waals surface area contributed by atoms with E-state index in [2.05, 4.69) is 41.9 Å². The second-order valence-corrected chi connectivity index (χ2v) is 6.48. The van der Waals surface area contributed by atoms with Crippen LogP contribution in [0, 0.1) is 5.92 Å². The Morgan fingerprint density at radius 3 is 2.90 bits per heavy atom. The molecule has 2 nitrogen and oxygen atoms in total. The molecule has 0 spiro atoms. The summed E-state index contributed by atoms with van der Waals surface area (Å²) in [4.78, 5) is 0. The van der Waals surface area contributed by atoms with Crippen molar-refractivity contribution in [2.75, 3.05) is 19.8 Å². The van der Waals surface area contributed by atoms with Crippen LogP contribution >= 0.6 is 11.3 Å². The quantitative estimate of drug-likeness (QED) is 0.882. The third-order valence-electron chi connectivity index (χ3n) is 4.20. The van der Waals surface area contributed by atoms with Gasteiger partial charge in [0, 0.05) is 24.0 Å². The standard InChI is InChI=1S/C17H23NOS/c1-2-9-18-17(13-7-10-19-11-8-13)15-12-20-16-6-4-3-5-14(15)16/h3-6,12-13,17-18H,2,7-11H2,1H3. The second kappa shape index (κ2) is 6.70. The number of hydrogen-bond acceptors (Lipinski definition) is 3. The Labute approximate surface area is 125 Å². The van der Waals surface area contributed by atoms with E-state index in [0.717, 1.165) is 19.8 Å². The molecule has 1 aromatic carbocycles. The molecule has 1 aromatic heterocycles. The van der Waals surface area contributed by atoms with Gasteiger partial charge in [-0.1, -0.05) is 25.1 Å². The van der Waals surface area contributed by atoms with Gasteiger partial charge in [-0.25, -0.2) is 0 Å². The Bertz CT molecular complexity index is 545. The van der Waals surface area contributed by atoms with Gasteiger partial charge in [-0.15, -0.1) is 11.3 Å². The molecule has 1 atom stereocenters. The highest BCUT2D eigenvalue weighted by Crippen LogP contribution is 2.37. The molecule has 3 rings (SSSR count). The average Bonchev–Trinajstić information content (AvgIpc) is 2.93. The summed E-state index contributed by atoms with van der Waals surface area (Å²) >= 11 is 1.87. The van der Waals surface area contributed by atoms with Crippen molar-refractivity contribution in [2.24, 2.45) is 5.92 Å². The molecule has 1 aliphatic rings. The summed E-state index contributed by atoms with van der Waals surface area (Å²) < 4.78 is 6.93. The first-order valence-corrected chi connectivity index (χ1v) is 8.55. The van der Waals surface area contributed by atoms with Gasteiger partial charge in [0.05, 0.1) is 0 Å². The SMILES string of the molecule is CCCNC(c1csc2ccccc12)C1CCOCC1.